The van der Waals surface area contributed by atoms with Crippen LogP contribution in [0.2, 0.25) is 0 Å². The normalized spacial score (nSPS) is 12.3. The van der Waals surface area contributed by atoms with E-state index in [-0.39, 0.29) is 11.9 Å². The van der Waals surface area contributed by atoms with E-state index in [1.807, 2.05) is 37.4 Å². The van der Waals surface area contributed by atoms with E-state index in [4.69, 9.17) is 0 Å². The molecule has 0 amide bonds. The third kappa shape index (κ3) is 2.62. The number of halogens is 1. The molecule has 0 bridgehead atoms. The fourth-order valence-electron chi connectivity index (χ4n) is 2.23. The Balaban J connectivity index is 1.83. The number of para-hydroxylation sites is 1. The van der Waals surface area contributed by atoms with Gasteiger partial charge in [-0.3, -0.25) is 4.98 Å². The number of anilines is 1. The summed E-state index contributed by atoms with van der Waals surface area (Å²) in [6.07, 6.45) is 1.82. The van der Waals surface area contributed by atoms with Crippen molar-refractivity contribution in [3.63, 3.8) is 0 Å². The molecular formula is C17H15FN2. The SMILES string of the molecule is CC(Nc1cnc2ccccc2c1)c1ccc(F)cc1. The Bertz CT molecular complexity index is 722. The van der Waals surface area contributed by atoms with E-state index in [9.17, 15) is 4.39 Å². The lowest BCUT2D eigenvalue weighted by atomic mass is 10.1. The lowest BCUT2D eigenvalue weighted by molar-refractivity contribution is 0.626. The first-order valence-electron chi connectivity index (χ1n) is 6.59. The average Bonchev–Trinajstić information content (AvgIpc) is 2.48. The van der Waals surface area contributed by atoms with E-state index >= 15 is 0 Å². The lowest BCUT2D eigenvalue weighted by Crippen LogP contribution is -2.06. The Labute approximate surface area is 117 Å². The molecule has 0 radical (unpaired) electrons. The molecule has 1 N–H and O–H groups in total. The van der Waals surface area contributed by atoms with Crippen LogP contribution in [0.1, 0.15) is 18.5 Å². The average molecular weight is 266 g/mol. The van der Waals surface area contributed by atoms with Crippen LogP contribution in [0.25, 0.3) is 10.9 Å². The zero-order valence-corrected chi connectivity index (χ0v) is 11.2. The van der Waals surface area contributed by atoms with Gasteiger partial charge in [-0.2, -0.15) is 0 Å². The van der Waals surface area contributed by atoms with Gasteiger partial charge in [0.25, 0.3) is 0 Å². The second kappa shape index (κ2) is 5.29. The highest BCUT2D eigenvalue weighted by molar-refractivity contribution is 5.81. The molecule has 1 atom stereocenters. The molecule has 0 fully saturated rings. The van der Waals surface area contributed by atoms with Crippen LogP contribution in [0.4, 0.5) is 10.1 Å². The van der Waals surface area contributed by atoms with Gasteiger partial charge >= 0.3 is 0 Å². The van der Waals surface area contributed by atoms with Crippen molar-refractivity contribution in [2.24, 2.45) is 0 Å². The first-order valence-corrected chi connectivity index (χ1v) is 6.59. The molecular weight excluding hydrogens is 251 g/mol. The van der Waals surface area contributed by atoms with E-state index in [1.54, 1.807) is 12.1 Å². The van der Waals surface area contributed by atoms with E-state index in [0.29, 0.717) is 0 Å². The molecule has 1 aromatic heterocycles. The Kier molecular flexibility index (Phi) is 3.33. The van der Waals surface area contributed by atoms with Crippen LogP contribution in [0.15, 0.2) is 60.8 Å². The molecule has 3 heteroatoms. The molecule has 3 rings (SSSR count). The number of rotatable bonds is 3. The predicted octanol–water partition coefficient (Wildman–Crippen LogP) is 4.55. The van der Waals surface area contributed by atoms with Crippen LogP contribution in [0, 0.1) is 5.82 Å². The summed E-state index contributed by atoms with van der Waals surface area (Å²) in [5, 5.41) is 4.49. The van der Waals surface area contributed by atoms with Gasteiger partial charge in [-0.1, -0.05) is 30.3 Å². The number of benzene rings is 2. The van der Waals surface area contributed by atoms with Gasteiger partial charge in [0, 0.05) is 11.4 Å². The summed E-state index contributed by atoms with van der Waals surface area (Å²) in [6.45, 7) is 2.04. The summed E-state index contributed by atoms with van der Waals surface area (Å²) in [4.78, 5) is 4.42. The van der Waals surface area contributed by atoms with E-state index in [0.717, 1.165) is 22.2 Å². The van der Waals surface area contributed by atoms with Crippen molar-refractivity contribution < 1.29 is 4.39 Å². The topological polar surface area (TPSA) is 24.9 Å². The summed E-state index contributed by atoms with van der Waals surface area (Å²) in [7, 11) is 0. The number of hydrogen-bond donors (Lipinski definition) is 1. The highest BCUT2D eigenvalue weighted by Gasteiger charge is 2.06. The number of aromatic nitrogens is 1. The third-order valence-electron chi connectivity index (χ3n) is 3.34. The number of hydrogen-bond acceptors (Lipinski definition) is 2. The largest absolute Gasteiger partial charge is 0.377 e. The summed E-state index contributed by atoms with van der Waals surface area (Å²) in [5.41, 5.74) is 2.98. The van der Waals surface area contributed by atoms with E-state index in [1.165, 1.54) is 12.1 Å². The van der Waals surface area contributed by atoms with Crippen molar-refractivity contribution in [2.75, 3.05) is 5.32 Å². The fourth-order valence-corrected chi connectivity index (χ4v) is 2.23. The quantitative estimate of drug-likeness (QED) is 0.752. The maximum Gasteiger partial charge on any atom is 0.123 e. The summed E-state index contributed by atoms with van der Waals surface area (Å²) in [5.74, 6) is -0.215. The second-order valence-corrected chi connectivity index (χ2v) is 4.83. The highest BCUT2D eigenvalue weighted by atomic mass is 19.1. The van der Waals surface area contributed by atoms with Crippen molar-refractivity contribution in [1.29, 1.82) is 0 Å². The third-order valence-corrected chi connectivity index (χ3v) is 3.34. The number of pyridine rings is 1. The van der Waals surface area contributed by atoms with Crippen molar-refractivity contribution >= 4 is 16.6 Å². The van der Waals surface area contributed by atoms with Gasteiger partial charge < -0.3 is 5.32 Å². The maximum absolute atomic E-state index is 12.9. The van der Waals surface area contributed by atoms with Crippen LogP contribution in [0.5, 0.6) is 0 Å². The zero-order chi connectivity index (χ0) is 13.9. The van der Waals surface area contributed by atoms with Crippen LogP contribution < -0.4 is 5.32 Å². The number of nitrogens with one attached hydrogen (secondary N) is 1. The second-order valence-electron chi connectivity index (χ2n) is 4.83. The lowest BCUT2D eigenvalue weighted by Gasteiger charge is -2.15. The molecule has 2 nitrogen and oxygen atoms in total. The molecule has 0 aliphatic rings. The van der Waals surface area contributed by atoms with Crippen molar-refractivity contribution in [2.45, 2.75) is 13.0 Å². The van der Waals surface area contributed by atoms with Gasteiger partial charge in [0.05, 0.1) is 17.4 Å². The zero-order valence-electron chi connectivity index (χ0n) is 11.2. The molecule has 1 unspecified atom stereocenters. The molecule has 0 saturated heterocycles. The highest BCUT2D eigenvalue weighted by Crippen LogP contribution is 2.21. The molecule has 0 aliphatic heterocycles. The van der Waals surface area contributed by atoms with Crippen molar-refractivity contribution in [3.05, 3.63) is 72.2 Å². The van der Waals surface area contributed by atoms with Crippen LogP contribution in [-0.2, 0) is 0 Å². The Hall–Kier alpha value is -2.42. The molecule has 100 valence electrons. The van der Waals surface area contributed by atoms with Gasteiger partial charge in [-0.25, -0.2) is 4.39 Å². The molecule has 2 aromatic carbocycles. The molecule has 20 heavy (non-hydrogen) atoms. The molecule has 0 saturated carbocycles. The van der Waals surface area contributed by atoms with Crippen LogP contribution in [0.3, 0.4) is 0 Å². The standard InChI is InChI=1S/C17H15FN2/c1-12(13-6-8-15(18)9-7-13)20-16-10-14-4-2-3-5-17(14)19-11-16/h2-12,20H,1H3. The van der Waals surface area contributed by atoms with Crippen LogP contribution >= 0.6 is 0 Å². The van der Waals surface area contributed by atoms with Gasteiger partial charge in [-0.15, -0.1) is 0 Å². The fraction of sp³-hybridized carbons (Fsp3) is 0.118. The van der Waals surface area contributed by atoms with Gasteiger partial charge in [0.2, 0.25) is 0 Å². The van der Waals surface area contributed by atoms with E-state index < -0.39 is 0 Å². The van der Waals surface area contributed by atoms with Crippen molar-refractivity contribution in [3.8, 4) is 0 Å². The first-order chi connectivity index (χ1) is 9.72. The summed E-state index contributed by atoms with van der Waals surface area (Å²) >= 11 is 0. The Morgan fingerprint density at radius 3 is 2.60 bits per heavy atom. The molecule has 0 spiro atoms. The molecule has 0 aliphatic carbocycles. The monoisotopic (exact) mass is 266 g/mol. The van der Waals surface area contributed by atoms with Gasteiger partial charge in [-0.05, 0) is 36.8 Å². The summed E-state index contributed by atoms with van der Waals surface area (Å²) in [6, 6.07) is 16.7. The Morgan fingerprint density at radius 1 is 1.05 bits per heavy atom. The predicted molar refractivity (Wildman–Crippen MR) is 80.2 cm³/mol. The summed E-state index contributed by atoms with van der Waals surface area (Å²) < 4.78 is 12.9. The van der Waals surface area contributed by atoms with Crippen molar-refractivity contribution in [1.82, 2.24) is 4.98 Å². The first kappa shape index (κ1) is 12.6. The Morgan fingerprint density at radius 2 is 1.80 bits per heavy atom. The van der Waals surface area contributed by atoms with E-state index in [2.05, 4.69) is 16.4 Å². The molecule has 3 aromatic rings. The minimum Gasteiger partial charge on any atom is -0.377 e. The smallest absolute Gasteiger partial charge is 0.123 e. The van der Waals surface area contributed by atoms with Gasteiger partial charge in [0.1, 0.15) is 5.82 Å². The number of fused-ring (bicyclic) bond motifs is 1. The molecule has 1 heterocycles. The number of nitrogens with zero attached hydrogens (tertiary/aromatic N) is 1. The van der Waals surface area contributed by atoms with Crippen LogP contribution in [-0.4, -0.2) is 4.98 Å². The van der Waals surface area contributed by atoms with Gasteiger partial charge in [0.15, 0.2) is 0 Å². The minimum absolute atomic E-state index is 0.0959. The minimum atomic E-state index is -0.215. The maximum atomic E-state index is 12.9.